The first kappa shape index (κ1) is 10.3. The van der Waals surface area contributed by atoms with Crippen LogP contribution in [-0.4, -0.2) is 9.55 Å². The molecule has 0 unspecified atom stereocenters. The zero-order chi connectivity index (χ0) is 9.68. The molecule has 1 heterocycles. The molecule has 3 nitrogen and oxygen atoms in total. The van der Waals surface area contributed by atoms with Crippen LogP contribution in [0, 0.1) is 5.92 Å². The monoisotopic (exact) mass is 181 g/mol. The van der Waals surface area contributed by atoms with E-state index in [-0.39, 0.29) is 0 Å². The van der Waals surface area contributed by atoms with Gasteiger partial charge in [-0.3, -0.25) is 0 Å². The van der Waals surface area contributed by atoms with Gasteiger partial charge in [-0.1, -0.05) is 26.7 Å². The standard InChI is InChI=1S/C10H19N3/c1-3-9(4-2)6-13-7-10(5-11)12-8-13/h7-9H,3-6,11H2,1-2H3. The summed E-state index contributed by atoms with van der Waals surface area (Å²) in [4.78, 5) is 4.19. The van der Waals surface area contributed by atoms with Crippen LogP contribution in [-0.2, 0) is 13.1 Å². The number of imidazole rings is 1. The van der Waals surface area contributed by atoms with Gasteiger partial charge in [-0.15, -0.1) is 0 Å². The summed E-state index contributed by atoms with van der Waals surface area (Å²) < 4.78 is 2.14. The molecule has 2 N–H and O–H groups in total. The number of rotatable bonds is 5. The lowest BCUT2D eigenvalue weighted by Crippen LogP contribution is -2.07. The Hall–Kier alpha value is -0.830. The van der Waals surface area contributed by atoms with Gasteiger partial charge in [0.1, 0.15) is 0 Å². The number of hydrogen-bond donors (Lipinski definition) is 1. The molecule has 0 saturated carbocycles. The Labute approximate surface area is 80.0 Å². The fourth-order valence-electron chi connectivity index (χ4n) is 1.46. The fraction of sp³-hybridized carbons (Fsp3) is 0.700. The van der Waals surface area contributed by atoms with E-state index in [0.717, 1.165) is 18.2 Å². The summed E-state index contributed by atoms with van der Waals surface area (Å²) in [6.07, 6.45) is 6.37. The van der Waals surface area contributed by atoms with E-state index in [0.29, 0.717) is 6.54 Å². The van der Waals surface area contributed by atoms with E-state index in [2.05, 4.69) is 23.4 Å². The molecular weight excluding hydrogens is 162 g/mol. The Morgan fingerprint density at radius 3 is 2.62 bits per heavy atom. The molecule has 0 fully saturated rings. The molecule has 1 rings (SSSR count). The molecule has 3 heteroatoms. The molecular formula is C10H19N3. The van der Waals surface area contributed by atoms with Crippen molar-refractivity contribution in [1.82, 2.24) is 9.55 Å². The van der Waals surface area contributed by atoms with Crippen molar-refractivity contribution >= 4 is 0 Å². The van der Waals surface area contributed by atoms with Crippen LogP contribution in [0.3, 0.4) is 0 Å². The largest absolute Gasteiger partial charge is 0.337 e. The third kappa shape index (κ3) is 2.84. The molecule has 0 bridgehead atoms. The van der Waals surface area contributed by atoms with E-state index in [1.54, 1.807) is 0 Å². The van der Waals surface area contributed by atoms with Crippen LogP contribution < -0.4 is 5.73 Å². The second-order valence-corrected chi connectivity index (χ2v) is 3.45. The minimum Gasteiger partial charge on any atom is -0.337 e. The number of aromatic nitrogens is 2. The molecule has 1 aromatic heterocycles. The SMILES string of the molecule is CCC(CC)Cn1cnc(CN)c1. The molecule has 0 saturated heterocycles. The van der Waals surface area contributed by atoms with Gasteiger partial charge in [-0.25, -0.2) is 4.98 Å². The molecule has 0 aromatic carbocycles. The van der Waals surface area contributed by atoms with Gasteiger partial charge < -0.3 is 10.3 Å². The Morgan fingerprint density at radius 2 is 2.15 bits per heavy atom. The van der Waals surface area contributed by atoms with Crippen molar-refractivity contribution in [3.63, 3.8) is 0 Å². The van der Waals surface area contributed by atoms with Gasteiger partial charge in [-0.2, -0.15) is 0 Å². The Kier molecular flexibility index (Phi) is 3.96. The van der Waals surface area contributed by atoms with E-state index < -0.39 is 0 Å². The van der Waals surface area contributed by atoms with Gasteiger partial charge in [0.05, 0.1) is 12.0 Å². The Morgan fingerprint density at radius 1 is 1.46 bits per heavy atom. The molecule has 0 aliphatic rings. The lowest BCUT2D eigenvalue weighted by Gasteiger charge is -2.11. The highest BCUT2D eigenvalue weighted by Gasteiger charge is 2.04. The van der Waals surface area contributed by atoms with Crippen LogP contribution in [0.4, 0.5) is 0 Å². The minimum absolute atomic E-state index is 0.538. The maximum absolute atomic E-state index is 5.48. The van der Waals surface area contributed by atoms with Gasteiger partial charge in [-0.05, 0) is 5.92 Å². The second kappa shape index (κ2) is 5.02. The van der Waals surface area contributed by atoms with Gasteiger partial charge in [0.25, 0.3) is 0 Å². The van der Waals surface area contributed by atoms with Crippen molar-refractivity contribution in [3.05, 3.63) is 18.2 Å². The van der Waals surface area contributed by atoms with Gasteiger partial charge in [0.15, 0.2) is 0 Å². The number of nitrogens with zero attached hydrogens (tertiary/aromatic N) is 2. The first-order valence-corrected chi connectivity index (χ1v) is 5.00. The highest BCUT2D eigenvalue weighted by Crippen LogP contribution is 2.10. The smallest absolute Gasteiger partial charge is 0.0950 e. The van der Waals surface area contributed by atoms with Gasteiger partial charge in [0.2, 0.25) is 0 Å². The molecule has 0 radical (unpaired) electrons. The lowest BCUT2D eigenvalue weighted by atomic mass is 10.0. The summed E-state index contributed by atoms with van der Waals surface area (Å²) >= 11 is 0. The summed E-state index contributed by atoms with van der Waals surface area (Å²) in [7, 11) is 0. The van der Waals surface area contributed by atoms with Crippen LogP contribution >= 0.6 is 0 Å². The Bertz CT molecular complexity index is 238. The molecule has 0 spiro atoms. The van der Waals surface area contributed by atoms with Crippen molar-refractivity contribution in [2.45, 2.75) is 39.8 Å². The van der Waals surface area contributed by atoms with Gasteiger partial charge >= 0.3 is 0 Å². The minimum atomic E-state index is 0.538. The third-order valence-corrected chi connectivity index (χ3v) is 2.52. The lowest BCUT2D eigenvalue weighted by molar-refractivity contribution is 0.418. The zero-order valence-corrected chi connectivity index (χ0v) is 8.53. The summed E-state index contributed by atoms with van der Waals surface area (Å²) in [6.45, 7) is 6.07. The van der Waals surface area contributed by atoms with Gasteiger partial charge in [0, 0.05) is 19.3 Å². The van der Waals surface area contributed by atoms with Crippen molar-refractivity contribution in [3.8, 4) is 0 Å². The first-order valence-electron chi connectivity index (χ1n) is 5.00. The predicted octanol–water partition coefficient (Wildman–Crippen LogP) is 1.78. The summed E-state index contributed by atoms with van der Waals surface area (Å²) in [5.41, 5.74) is 6.46. The number of hydrogen-bond acceptors (Lipinski definition) is 2. The molecule has 1 aromatic rings. The molecule has 74 valence electrons. The molecule has 13 heavy (non-hydrogen) atoms. The first-order chi connectivity index (χ1) is 6.30. The van der Waals surface area contributed by atoms with E-state index in [1.807, 2.05) is 12.5 Å². The van der Waals surface area contributed by atoms with Crippen LogP contribution in [0.1, 0.15) is 32.4 Å². The molecule has 0 aliphatic heterocycles. The maximum Gasteiger partial charge on any atom is 0.0950 e. The van der Waals surface area contributed by atoms with Crippen molar-refractivity contribution in [2.75, 3.05) is 0 Å². The quantitative estimate of drug-likeness (QED) is 0.752. The molecule has 0 atom stereocenters. The predicted molar refractivity (Wildman–Crippen MR) is 54.2 cm³/mol. The molecule has 0 aliphatic carbocycles. The zero-order valence-electron chi connectivity index (χ0n) is 8.53. The van der Waals surface area contributed by atoms with Crippen molar-refractivity contribution in [2.24, 2.45) is 11.7 Å². The van der Waals surface area contributed by atoms with Crippen LogP contribution in [0.25, 0.3) is 0 Å². The summed E-state index contributed by atoms with van der Waals surface area (Å²) in [5.74, 6) is 0.764. The topological polar surface area (TPSA) is 43.8 Å². The van der Waals surface area contributed by atoms with Crippen molar-refractivity contribution < 1.29 is 0 Å². The van der Waals surface area contributed by atoms with E-state index >= 15 is 0 Å². The fourth-order valence-corrected chi connectivity index (χ4v) is 1.46. The highest BCUT2D eigenvalue weighted by atomic mass is 15.0. The maximum atomic E-state index is 5.48. The average Bonchev–Trinajstić information content (AvgIpc) is 2.61. The number of nitrogens with two attached hydrogens (primary N) is 1. The van der Waals surface area contributed by atoms with E-state index in [1.165, 1.54) is 12.8 Å². The van der Waals surface area contributed by atoms with E-state index in [4.69, 9.17) is 5.73 Å². The third-order valence-electron chi connectivity index (χ3n) is 2.52. The normalized spacial score (nSPS) is 11.1. The summed E-state index contributed by atoms with van der Waals surface area (Å²) in [5, 5.41) is 0. The second-order valence-electron chi connectivity index (χ2n) is 3.45. The van der Waals surface area contributed by atoms with Crippen LogP contribution in [0.2, 0.25) is 0 Å². The summed E-state index contributed by atoms with van der Waals surface area (Å²) in [6, 6.07) is 0. The average molecular weight is 181 g/mol. The van der Waals surface area contributed by atoms with E-state index in [9.17, 15) is 0 Å². The molecule has 0 amide bonds. The van der Waals surface area contributed by atoms with Crippen LogP contribution in [0.15, 0.2) is 12.5 Å². The van der Waals surface area contributed by atoms with Crippen molar-refractivity contribution in [1.29, 1.82) is 0 Å². The highest BCUT2D eigenvalue weighted by molar-refractivity contribution is 4.95. The van der Waals surface area contributed by atoms with Crippen LogP contribution in [0.5, 0.6) is 0 Å². The Balaban J connectivity index is 2.52.